The average molecular weight is 431 g/mol. The monoisotopic (exact) mass is 430 g/mol. The van der Waals surface area contributed by atoms with Crippen LogP contribution in [0.1, 0.15) is 60.6 Å². The molecule has 162 valence electrons. The van der Waals surface area contributed by atoms with Gasteiger partial charge >= 0.3 is 0 Å². The third-order valence-electron chi connectivity index (χ3n) is 5.66. The average Bonchev–Trinajstić information content (AvgIpc) is 2.74. The van der Waals surface area contributed by atoms with Crippen molar-refractivity contribution in [1.29, 1.82) is 0 Å². The Bertz CT molecular complexity index is 1000. The third kappa shape index (κ3) is 4.68. The summed E-state index contributed by atoms with van der Waals surface area (Å²) in [6, 6.07) is 11.7. The van der Waals surface area contributed by atoms with Crippen LogP contribution in [0, 0.1) is 6.92 Å². The molecule has 1 heterocycles. The zero-order chi connectivity index (χ0) is 21.9. The number of sulfonamides is 1. The van der Waals surface area contributed by atoms with Gasteiger partial charge in [0.1, 0.15) is 5.75 Å². The van der Waals surface area contributed by atoms with Crippen LogP contribution >= 0.6 is 0 Å². The molecule has 1 saturated heterocycles. The third-order valence-corrected chi connectivity index (χ3v) is 7.69. The van der Waals surface area contributed by atoms with Crippen molar-refractivity contribution in [3.63, 3.8) is 0 Å². The van der Waals surface area contributed by atoms with Crippen molar-refractivity contribution in [2.24, 2.45) is 0 Å². The van der Waals surface area contributed by atoms with E-state index in [1.54, 1.807) is 23.5 Å². The summed E-state index contributed by atoms with van der Waals surface area (Å²) < 4.78 is 32.9. The van der Waals surface area contributed by atoms with Crippen molar-refractivity contribution in [2.45, 2.75) is 57.0 Å². The van der Waals surface area contributed by atoms with Gasteiger partial charge < -0.3 is 10.1 Å². The van der Waals surface area contributed by atoms with Gasteiger partial charge in [-0.1, -0.05) is 24.1 Å². The normalized spacial score (nSPS) is 18.6. The van der Waals surface area contributed by atoms with E-state index < -0.39 is 10.0 Å². The zero-order valence-electron chi connectivity index (χ0n) is 18.0. The lowest BCUT2D eigenvalue weighted by atomic mass is 10.0. The number of hydrogen-bond donors (Lipinski definition) is 1. The number of hydrogen-bond acceptors (Lipinski definition) is 4. The molecule has 1 aliphatic heterocycles. The van der Waals surface area contributed by atoms with Crippen molar-refractivity contribution in [3.05, 3.63) is 59.2 Å². The Hall–Kier alpha value is -2.38. The first-order valence-electron chi connectivity index (χ1n) is 10.3. The highest BCUT2D eigenvalue weighted by Crippen LogP contribution is 2.27. The molecule has 0 bridgehead atoms. The van der Waals surface area contributed by atoms with Gasteiger partial charge in [0.2, 0.25) is 10.0 Å². The second-order valence-electron chi connectivity index (χ2n) is 7.93. The summed E-state index contributed by atoms with van der Waals surface area (Å²) in [5, 5.41) is 2.96. The SMILES string of the molecule is COc1ccc(C)cc1C(C)NC(=O)c1ccc(S(=O)(=O)N2CCCCC2C)cc1. The van der Waals surface area contributed by atoms with E-state index in [1.807, 2.05) is 39.0 Å². The highest BCUT2D eigenvalue weighted by Gasteiger charge is 2.31. The van der Waals surface area contributed by atoms with Gasteiger partial charge in [0.25, 0.3) is 5.91 Å². The van der Waals surface area contributed by atoms with E-state index in [-0.39, 0.29) is 22.9 Å². The van der Waals surface area contributed by atoms with Crippen molar-refractivity contribution in [3.8, 4) is 5.75 Å². The van der Waals surface area contributed by atoms with Crippen LogP contribution in [0.2, 0.25) is 0 Å². The first-order chi connectivity index (χ1) is 14.2. The lowest BCUT2D eigenvalue weighted by molar-refractivity contribution is 0.0939. The summed E-state index contributed by atoms with van der Waals surface area (Å²) in [4.78, 5) is 12.9. The predicted octanol–water partition coefficient (Wildman–Crippen LogP) is 4.06. The van der Waals surface area contributed by atoms with Crippen LogP contribution in [0.3, 0.4) is 0 Å². The number of aryl methyl sites for hydroxylation is 1. The molecule has 3 rings (SSSR count). The summed E-state index contributed by atoms with van der Waals surface area (Å²) in [6.45, 7) is 6.37. The molecule has 2 aromatic rings. The minimum Gasteiger partial charge on any atom is -0.496 e. The summed E-state index contributed by atoms with van der Waals surface area (Å²) in [7, 11) is -1.95. The van der Waals surface area contributed by atoms with Gasteiger partial charge in [0.15, 0.2) is 0 Å². The fourth-order valence-corrected chi connectivity index (χ4v) is 5.59. The number of rotatable bonds is 6. The van der Waals surface area contributed by atoms with E-state index >= 15 is 0 Å². The van der Waals surface area contributed by atoms with Gasteiger partial charge in [-0.3, -0.25) is 4.79 Å². The molecule has 1 amide bonds. The topological polar surface area (TPSA) is 75.7 Å². The Kier molecular flexibility index (Phi) is 6.83. The van der Waals surface area contributed by atoms with E-state index in [4.69, 9.17) is 4.74 Å². The van der Waals surface area contributed by atoms with E-state index in [2.05, 4.69) is 5.32 Å². The predicted molar refractivity (Wildman–Crippen MR) is 117 cm³/mol. The Labute approximate surface area is 179 Å². The first kappa shape index (κ1) is 22.3. The smallest absolute Gasteiger partial charge is 0.251 e. The fraction of sp³-hybridized carbons (Fsp3) is 0.435. The number of carbonyl (C=O) groups is 1. The van der Waals surface area contributed by atoms with Gasteiger partial charge in [-0.25, -0.2) is 8.42 Å². The van der Waals surface area contributed by atoms with Crippen molar-refractivity contribution < 1.29 is 17.9 Å². The molecule has 0 saturated carbocycles. The van der Waals surface area contributed by atoms with Gasteiger partial charge in [-0.2, -0.15) is 4.31 Å². The number of piperidine rings is 1. The largest absolute Gasteiger partial charge is 0.496 e. The molecule has 2 aromatic carbocycles. The van der Waals surface area contributed by atoms with Gasteiger partial charge in [0, 0.05) is 23.7 Å². The van der Waals surface area contributed by atoms with E-state index in [9.17, 15) is 13.2 Å². The van der Waals surface area contributed by atoms with Gasteiger partial charge in [0.05, 0.1) is 18.0 Å². The maximum Gasteiger partial charge on any atom is 0.251 e. The number of carbonyl (C=O) groups excluding carboxylic acids is 1. The lowest BCUT2D eigenvalue weighted by Crippen LogP contribution is -2.41. The minimum absolute atomic E-state index is 0.00288. The number of methoxy groups -OCH3 is 1. The molecule has 2 unspecified atom stereocenters. The molecule has 1 aliphatic rings. The molecule has 7 heteroatoms. The molecular formula is C23H30N2O4S. The molecule has 0 aromatic heterocycles. The van der Waals surface area contributed by atoms with Crippen LogP contribution in [-0.2, 0) is 10.0 Å². The number of amides is 1. The second-order valence-corrected chi connectivity index (χ2v) is 9.82. The molecule has 30 heavy (non-hydrogen) atoms. The highest BCUT2D eigenvalue weighted by atomic mass is 32.2. The van der Waals surface area contributed by atoms with Crippen molar-refractivity contribution >= 4 is 15.9 Å². The second kappa shape index (κ2) is 9.18. The van der Waals surface area contributed by atoms with Crippen LogP contribution in [0.25, 0.3) is 0 Å². The zero-order valence-corrected chi connectivity index (χ0v) is 18.8. The van der Waals surface area contributed by atoms with Crippen molar-refractivity contribution in [1.82, 2.24) is 9.62 Å². The molecule has 0 aliphatic carbocycles. The maximum atomic E-state index is 13.0. The Morgan fingerprint density at radius 1 is 1.17 bits per heavy atom. The van der Waals surface area contributed by atoms with Crippen LogP contribution in [0.15, 0.2) is 47.4 Å². The Morgan fingerprint density at radius 3 is 2.50 bits per heavy atom. The summed E-state index contributed by atoms with van der Waals surface area (Å²) >= 11 is 0. The summed E-state index contributed by atoms with van der Waals surface area (Å²) in [6.07, 6.45) is 2.81. The molecule has 6 nitrogen and oxygen atoms in total. The highest BCUT2D eigenvalue weighted by molar-refractivity contribution is 7.89. The van der Waals surface area contributed by atoms with Gasteiger partial charge in [-0.15, -0.1) is 0 Å². The molecule has 0 spiro atoms. The van der Waals surface area contributed by atoms with Gasteiger partial charge in [-0.05, 0) is 63.9 Å². The number of ether oxygens (including phenoxy) is 1. The molecule has 1 N–H and O–H groups in total. The van der Waals surface area contributed by atoms with Crippen LogP contribution in [0.5, 0.6) is 5.75 Å². The molecule has 0 radical (unpaired) electrons. The van der Waals surface area contributed by atoms with Crippen LogP contribution < -0.4 is 10.1 Å². The van der Waals surface area contributed by atoms with Crippen LogP contribution in [-0.4, -0.2) is 38.3 Å². The number of benzene rings is 2. The van der Waals surface area contributed by atoms with E-state index in [1.165, 1.54) is 12.1 Å². The van der Waals surface area contributed by atoms with E-state index in [0.29, 0.717) is 17.9 Å². The van der Waals surface area contributed by atoms with Crippen LogP contribution in [0.4, 0.5) is 0 Å². The standard InChI is InChI=1S/C23H30N2O4S/c1-16-8-13-22(29-4)21(15-16)18(3)24-23(26)19-9-11-20(12-10-19)30(27,28)25-14-6-5-7-17(25)2/h8-13,15,17-18H,5-7,14H2,1-4H3,(H,24,26). The Balaban J connectivity index is 1.75. The quantitative estimate of drug-likeness (QED) is 0.750. The fourth-order valence-electron chi connectivity index (χ4n) is 3.89. The Morgan fingerprint density at radius 2 is 1.87 bits per heavy atom. The first-order valence-corrected chi connectivity index (χ1v) is 11.8. The lowest BCUT2D eigenvalue weighted by Gasteiger charge is -2.32. The molecular weight excluding hydrogens is 400 g/mol. The minimum atomic E-state index is -3.55. The summed E-state index contributed by atoms with van der Waals surface area (Å²) in [5.41, 5.74) is 2.39. The van der Waals surface area contributed by atoms with Crippen molar-refractivity contribution in [2.75, 3.05) is 13.7 Å². The maximum absolute atomic E-state index is 13.0. The summed E-state index contributed by atoms with van der Waals surface area (Å²) in [5.74, 6) is 0.451. The van der Waals surface area contributed by atoms with E-state index in [0.717, 1.165) is 30.4 Å². The number of nitrogens with zero attached hydrogens (tertiary/aromatic N) is 1. The molecule has 1 fully saturated rings. The molecule has 2 atom stereocenters. The number of nitrogens with one attached hydrogen (secondary N) is 1.